The summed E-state index contributed by atoms with van der Waals surface area (Å²) in [5.41, 5.74) is 4.27. The van der Waals surface area contributed by atoms with Crippen LogP contribution in [0.2, 0.25) is 0 Å². The predicted octanol–water partition coefficient (Wildman–Crippen LogP) is 4.50. The number of hydrogen-bond acceptors (Lipinski definition) is 4. The van der Waals surface area contributed by atoms with E-state index in [1.165, 1.54) is 0 Å². The fourth-order valence-electron chi connectivity index (χ4n) is 3.69. The van der Waals surface area contributed by atoms with Crippen LogP contribution in [-0.4, -0.2) is 25.7 Å². The average molecular weight is 402 g/mol. The number of benzene rings is 1. The van der Waals surface area contributed by atoms with Gasteiger partial charge in [0.05, 0.1) is 12.6 Å². The Labute approximate surface area is 175 Å². The van der Waals surface area contributed by atoms with Gasteiger partial charge in [-0.15, -0.1) is 0 Å². The van der Waals surface area contributed by atoms with E-state index >= 15 is 0 Å². The summed E-state index contributed by atoms with van der Waals surface area (Å²) in [7, 11) is 1.77. The highest BCUT2D eigenvalue weighted by molar-refractivity contribution is 5.78. The molecular weight excluding hydrogens is 376 g/mol. The molecule has 6 heteroatoms. The third kappa shape index (κ3) is 3.61. The van der Waals surface area contributed by atoms with Crippen molar-refractivity contribution in [1.29, 1.82) is 0 Å². The highest BCUT2D eigenvalue weighted by Gasteiger charge is 2.21. The molecule has 6 nitrogen and oxygen atoms in total. The van der Waals surface area contributed by atoms with Gasteiger partial charge in [-0.1, -0.05) is 37.3 Å². The lowest BCUT2D eigenvalue weighted by molar-refractivity contribution is 0.306. The molecule has 0 radical (unpaired) electrons. The maximum absolute atomic E-state index is 12.2. The Kier molecular flexibility index (Phi) is 5.40. The summed E-state index contributed by atoms with van der Waals surface area (Å²) in [6.07, 6.45) is 2.75. The van der Waals surface area contributed by atoms with Crippen molar-refractivity contribution in [3.05, 3.63) is 76.2 Å². The molecule has 0 saturated carbocycles. The summed E-state index contributed by atoms with van der Waals surface area (Å²) in [5.74, 6) is 1.37. The van der Waals surface area contributed by atoms with E-state index in [4.69, 9.17) is 14.7 Å². The van der Waals surface area contributed by atoms with E-state index in [9.17, 15) is 4.79 Å². The second-order valence-corrected chi connectivity index (χ2v) is 7.56. The van der Waals surface area contributed by atoms with Gasteiger partial charge in [0.1, 0.15) is 11.3 Å². The van der Waals surface area contributed by atoms with Crippen molar-refractivity contribution in [3.63, 3.8) is 0 Å². The fourth-order valence-corrected chi connectivity index (χ4v) is 3.69. The van der Waals surface area contributed by atoms with Crippen LogP contribution in [0.15, 0.2) is 59.5 Å². The highest BCUT2D eigenvalue weighted by Crippen LogP contribution is 2.31. The van der Waals surface area contributed by atoms with E-state index in [1.807, 2.05) is 49.5 Å². The number of fused-ring (bicyclic) bond motifs is 1. The number of hydrogen-bond donors (Lipinski definition) is 0. The number of aromatic nitrogens is 4. The molecule has 4 aromatic rings. The highest BCUT2D eigenvalue weighted by atomic mass is 16.5. The third-order valence-corrected chi connectivity index (χ3v) is 5.26. The maximum Gasteiger partial charge on any atom is 0.253 e. The van der Waals surface area contributed by atoms with Crippen LogP contribution in [0.4, 0.5) is 0 Å². The number of aryl methyl sites for hydroxylation is 2. The minimum Gasteiger partial charge on any atom is -0.478 e. The number of rotatable bonds is 6. The quantitative estimate of drug-likeness (QED) is 0.476. The lowest BCUT2D eigenvalue weighted by atomic mass is 10.1. The van der Waals surface area contributed by atoms with Crippen molar-refractivity contribution in [3.8, 4) is 17.3 Å². The van der Waals surface area contributed by atoms with Gasteiger partial charge in [-0.2, -0.15) is 4.98 Å². The Bertz CT molecular complexity index is 1220. The molecule has 3 aromatic heterocycles. The second kappa shape index (κ2) is 8.14. The standard InChI is InChI=1S/C24H26N4O2/c1-5-13-30-21-12-11-20-23(26-21)28(17(3)18-9-7-6-8-10-18)22(25-20)19-14-16(2)24(29)27(4)15-19/h6-12,14-15,17H,5,13H2,1-4H3. The molecule has 1 aromatic carbocycles. The molecule has 0 aliphatic carbocycles. The fraction of sp³-hybridized carbons (Fsp3) is 0.292. The Morgan fingerprint density at radius 3 is 2.57 bits per heavy atom. The van der Waals surface area contributed by atoms with Crippen molar-refractivity contribution in [2.75, 3.05) is 6.61 Å². The van der Waals surface area contributed by atoms with Gasteiger partial charge >= 0.3 is 0 Å². The zero-order chi connectivity index (χ0) is 21.3. The largest absolute Gasteiger partial charge is 0.478 e. The van der Waals surface area contributed by atoms with Crippen molar-refractivity contribution < 1.29 is 4.74 Å². The minimum atomic E-state index is -0.00843. The Hall–Kier alpha value is -3.41. The first-order valence-electron chi connectivity index (χ1n) is 10.2. The molecule has 0 spiro atoms. The normalized spacial score (nSPS) is 12.3. The molecule has 3 heterocycles. The summed E-state index contributed by atoms with van der Waals surface area (Å²) in [6, 6.07) is 16.0. The van der Waals surface area contributed by atoms with E-state index < -0.39 is 0 Å². The molecule has 0 amide bonds. The van der Waals surface area contributed by atoms with E-state index in [1.54, 1.807) is 11.6 Å². The lowest BCUT2D eigenvalue weighted by Gasteiger charge is -2.18. The summed E-state index contributed by atoms with van der Waals surface area (Å²) < 4.78 is 9.50. The van der Waals surface area contributed by atoms with Gasteiger partial charge in [0, 0.05) is 30.4 Å². The van der Waals surface area contributed by atoms with E-state index in [0.717, 1.165) is 34.5 Å². The van der Waals surface area contributed by atoms with Crippen molar-refractivity contribution in [2.45, 2.75) is 33.2 Å². The van der Waals surface area contributed by atoms with Gasteiger partial charge in [-0.25, -0.2) is 4.98 Å². The zero-order valence-corrected chi connectivity index (χ0v) is 17.8. The first-order chi connectivity index (χ1) is 14.5. The number of pyridine rings is 2. The van der Waals surface area contributed by atoms with Crippen LogP contribution >= 0.6 is 0 Å². The molecule has 1 unspecified atom stereocenters. The van der Waals surface area contributed by atoms with Gasteiger partial charge in [-0.3, -0.25) is 4.79 Å². The topological polar surface area (TPSA) is 61.9 Å². The predicted molar refractivity (Wildman–Crippen MR) is 119 cm³/mol. The van der Waals surface area contributed by atoms with Gasteiger partial charge in [0.2, 0.25) is 5.88 Å². The van der Waals surface area contributed by atoms with Gasteiger partial charge in [0.25, 0.3) is 5.56 Å². The van der Waals surface area contributed by atoms with E-state index in [2.05, 4.69) is 30.5 Å². The maximum atomic E-state index is 12.2. The smallest absolute Gasteiger partial charge is 0.253 e. The molecule has 0 N–H and O–H groups in total. The average Bonchev–Trinajstić information content (AvgIpc) is 3.14. The molecule has 154 valence electrons. The Morgan fingerprint density at radius 2 is 1.87 bits per heavy atom. The summed E-state index contributed by atoms with van der Waals surface area (Å²) in [4.78, 5) is 21.9. The van der Waals surface area contributed by atoms with Crippen molar-refractivity contribution in [1.82, 2.24) is 19.1 Å². The van der Waals surface area contributed by atoms with Crippen LogP contribution in [-0.2, 0) is 7.05 Å². The molecular formula is C24H26N4O2. The molecule has 0 bridgehead atoms. The first kappa shape index (κ1) is 19.9. The van der Waals surface area contributed by atoms with Gasteiger partial charge in [-0.05, 0) is 38.0 Å². The zero-order valence-electron chi connectivity index (χ0n) is 17.8. The van der Waals surface area contributed by atoms with E-state index in [0.29, 0.717) is 18.1 Å². The molecule has 1 atom stereocenters. The van der Waals surface area contributed by atoms with Gasteiger partial charge in [0.15, 0.2) is 5.65 Å². The summed E-state index contributed by atoms with van der Waals surface area (Å²) in [5, 5.41) is 0. The molecule has 30 heavy (non-hydrogen) atoms. The SMILES string of the molecule is CCCOc1ccc2nc(-c3cc(C)c(=O)n(C)c3)n(C(C)c3ccccc3)c2n1. The number of ether oxygens (including phenoxy) is 1. The van der Waals surface area contributed by atoms with E-state index in [-0.39, 0.29) is 11.6 Å². The lowest BCUT2D eigenvalue weighted by Crippen LogP contribution is -2.19. The first-order valence-corrected chi connectivity index (χ1v) is 10.2. The molecule has 0 aliphatic rings. The van der Waals surface area contributed by atoms with Crippen LogP contribution in [0.25, 0.3) is 22.6 Å². The summed E-state index contributed by atoms with van der Waals surface area (Å²) in [6.45, 7) is 6.65. The van der Waals surface area contributed by atoms with Crippen LogP contribution in [0, 0.1) is 6.92 Å². The van der Waals surface area contributed by atoms with Gasteiger partial charge < -0.3 is 13.9 Å². The van der Waals surface area contributed by atoms with Crippen LogP contribution in [0.3, 0.4) is 0 Å². The molecule has 0 fully saturated rings. The van der Waals surface area contributed by atoms with Crippen LogP contribution in [0.5, 0.6) is 5.88 Å². The Morgan fingerprint density at radius 1 is 1.10 bits per heavy atom. The second-order valence-electron chi connectivity index (χ2n) is 7.56. The number of imidazole rings is 1. The number of nitrogens with zero attached hydrogens (tertiary/aromatic N) is 4. The van der Waals surface area contributed by atoms with Crippen molar-refractivity contribution in [2.24, 2.45) is 7.05 Å². The van der Waals surface area contributed by atoms with Crippen molar-refractivity contribution >= 4 is 11.2 Å². The van der Waals surface area contributed by atoms with Crippen LogP contribution < -0.4 is 10.3 Å². The molecule has 0 aliphatic heterocycles. The molecule has 4 rings (SSSR count). The van der Waals surface area contributed by atoms with Crippen LogP contribution in [0.1, 0.15) is 37.4 Å². The summed E-state index contributed by atoms with van der Waals surface area (Å²) >= 11 is 0. The Balaban J connectivity index is 1.96. The minimum absolute atomic E-state index is 0.00216. The monoisotopic (exact) mass is 402 g/mol. The molecule has 0 saturated heterocycles. The third-order valence-electron chi connectivity index (χ3n) is 5.26.